The highest BCUT2D eigenvalue weighted by Crippen LogP contribution is 2.34. The highest BCUT2D eigenvalue weighted by Gasteiger charge is 2.30. The maximum atomic E-state index is 13.3. The summed E-state index contributed by atoms with van der Waals surface area (Å²) >= 11 is 11.5. The van der Waals surface area contributed by atoms with Crippen molar-refractivity contribution in [2.45, 2.75) is 44.9 Å². The van der Waals surface area contributed by atoms with Gasteiger partial charge >= 0.3 is 0 Å². The van der Waals surface area contributed by atoms with Crippen molar-refractivity contribution in [3.8, 4) is 11.5 Å². The zero-order valence-electron chi connectivity index (χ0n) is 34.0. The van der Waals surface area contributed by atoms with Crippen molar-refractivity contribution < 1.29 is 23.9 Å². The molecule has 16 nitrogen and oxygen atoms in total. The maximum absolute atomic E-state index is 13.3. The fraction of sp³-hybridized carbons (Fsp3) is 0.273. The summed E-state index contributed by atoms with van der Waals surface area (Å²) in [5, 5.41) is 14.6. The van der Waals surface area contributed by atoms with Gasteiger partial charge in [-0.2, -0.15) is 0 Å². The van der Waals surface area contributed by atoms with Gasteiger partial charge in [0, 0.05) is 44.7 Å². The molecule has 2 amide bonds. The molecular formula is C44H43N11O5S2. The predicted molar refractivity (Wildman–Crippen MR) is 239 cm³/mol. The molecule has 6 aromatic rings. The van der Waals surface area contributed by atoms with E-state index in [0.29, 0.717) is 84.0 Å². The van der Waals surface area contributed by atoms with Gasteiger partial charge in [-0.25, -0.2) is 24.3 Å². The third kappa shape index (κ3) is 9.66. The minimum Gasteiger partial charge on any atom is -0.491 e. The molecule has 2 aliphatic rings. The van der Waals surface area contributed by atoms with Crippen LogP contribution in [-0.4, -0.2) is 95.4 Å². The summed E-state index contributed by atoms with van der Waals surface area (Å²) in [7, 11) is 3.65. The molecule has 0 saturated carbocycles. The fourth-order valence-corrected chi connectivity index (χ4v) is 7.66. The van der Waals surface area contributed by atoms with E-state index in [-0.39, 0.29) is 35.9 Å². The summed E-state index contributed by atoms with van der Waals surface area (Å²) in [6.07, 6.45) is 6.28. The van der Waals surface area contributed by atoms with Crippen LogP contribution in [0.4, 0.5) is 11.5 Å². The van der Waals surface area contributed by atoms with Crippen LogP contribution in [0.3, 0.4) is 0 Å². The second-order valence-electron chi connectivity index (χ2n) is 15.0. The van der Waals surface area contributed by atoms with E-state index < -0.39 is 11.9 Å². The summed E-state index contributed by atoms with van der Waals surface area (Å²) in [5.74, 6) is 1.07. The quantitative estimate of drug-likeness (QED) is 0.110. The van der Waals surface area contributed by atoms with E-state index in [1.165, 1.54) is 6.33 Å². The van der Waals surface area contributed by atoms with Crippen LogP contribution < -0.4 is 29.9 Å². The topological polar surface area (TPSA) is 175 Å². The molecule has 0 radical (unpaired) electrons. The standard InChI is InChI=1S/C44H43N11O5S2/c1-52-34-20-31(17-18-36(34)59-24-32(43(52)61)10-6-11-35(56)38-47-26-54(50-38)22-29-8-4-3-5-9-29)41(57)46-21-28-13-15-30(16-14-28)23-55-27-48-39(51-55)42(58)49-33-25-60-37-12-7-19-45-40(37)53(2)44(33)62/h3-5,7-9,12-20,26-27,32-33H,6,10-11,21-25H2,1-2H3,(H,46,57)(H,49,58)/t32-,33-/m0/s1. The van der Waals surface area contributed by atoms with Gasteiger partial charge in [-0.15, -0.1) is 10.2 Å². The molecule has 0 bridgehead atoms. The van der Waals surface area contributed by atoms with Crippen molar-refractivity contribution in [2.75, 3.05) is 37.1 Å². The maximum Gasteiger partial charge on any atom is 0.291 e. The number of carbonyl (C=O) groups excluding carboxylic acids is 3. The number of fused-ring (bicyclic) bond motifs is 2. The van der Waals surface area contributed by atoms with Crippen molar-refractivity contribution in [2.24, 2.45) is 5.92 Å². The van der Waals surface area contributed by atoms with Gasteiger partial charge in [0.1, 0.15) is 36.0 Å². The van der Waals surface area contributed by atoms with Crippen LogP contribution in [-0.2, 0) is 19.6 Å². The Morgan fingerprint density at radius 3 is 2.19 bits per heavy atom. The van der Waals surface area contributed by atoms with Crippen LogP contribution in [0, 0.1) is 5.92 Å². The Morgan fingerprint density at radius 2 is 1.42 bits per heavy atom. The lowest BCUT2D eigenvalue weighted by molar-refractivity contribution is 0.0924. The number of pyridine rings is 1. The molecule has 2 atom stereocenters. The average Bonchev–Trinajstić information content (AvgIpc) is 3.93. The highest BCUT2D eigenvalue weighted by molar-refractivity contribution is 7.81. The van der Waals surface area contributed by atoms with Crippen molar-refractivity contribution in [3.63, 3.8) is 0 Å². The van der Waals surface area contributed by atoms with E-state index in [2.05, 4.69) is 35.8 Å². The lowest BCUT2D eigenvalue weighted by Crippen LogP contribution is -2.48. The number of likely N-dealkylation sites (N-methyl/N-ethyl adjacent to an activating group) is 1. The summed E-state index contributed by atoms with van der Waals surface area (Å²) in [6, 6.07) is 25.9. The molecule has 0 fully saturated rings. The van der Waals surface area contributed by atoms with E-state index in [9.17, 15) is 14.4 Å². The fourth-order valence-electron chi connectivity index (χ4n) is 7.16. The number of aromatic nitrogens is 7. The predicted octanol–water partition coefficient (Wildman–Crippen LogP) is 5.07. The number of rotatable bonds is 14. The minimum atomic E-state index is -0.580. The molecular weight excluding hydrogens is 827 g/mol. The van der Waals surface area contributed by atoms with Gasteiger partial charge in [0.25, 0.3) is 11.8 Å². The number of Topliss-reactive ketones (excluding diaryl/α,β-unsaturated/α-hetero) is 1. The van der Waals surface area contributed by atoms with Gasteiger partial charge in [0.15, 0.2) is 11.6 Å². The number of hydrogen-bond donors (Lipinski definition) is 2. The van der Waals surface area contributed by atoms with Crippen LogP contribution >= 0.6 is 24.4 Å². The second-order valence-corrected chi connectivity index (χ2v) is 15.8. The Balaban J connectivity index is 0.792. The molecule has 3 aromatic carbocycles. The van der Waals surface area contributed by atoms with Crippen LogP contribution in [0.5, 0.6) is 11.5 Å². The van der Waals surface area contributed by atoms with Gasteiger partial charge in [-0.3, -0.25) is 14.4 Å². The van der Waals surface area contributed by atoms with Gasteiger partial charge in [0.2, 0.25) is 17.4 Å². The summed E-state index contributed by atoms with van der Waals surface area (Å²) in [5.41, 5.74) is 4.08. The number of ketones is 1. The number of ether oxygens (including phenoxy) is 2. The van der Waals surface area contributed by atoms with Crippen LogP contribution in [0.1, 0.15) is 67.5 Å². The van der Waals surface area contributed by atoms with Crippen LogP contribution in [0.25, 0.3) is 0 Å². The third-order valence-electron chi connectivity index (χ3n) is 10.6. The van der Waals surface area contributed by atoms with E-state index in [4.69, 9.17) is 33.9 Å². The Labute approximate surface area is 368 Å². The van der Waals surface area contributed by atoms with Crippen LogP contribution in [0.2, 0.25) is 0 Å². The number of amides is 2. The monoisotopic (exact) mass is 869 g/mol. The highest BCUT2D eigenvalue weighted by atomic mass is 32.1. The number of nitrogens with one attached hydrogen (secondary N) is 2. The number of carbonyl (C=O) groups is 3. The average molecular weight is 870 g/mol. The number of benzene rings is 3. The van der Waals surface area contributed by atoms with Gasteiger partial charge in [-0.1, -0.05) is 79.0 Å². The molecule has 2 N–H and O–H groups in total. The summed E-state index contributed by atoms with van der Waals surface area (Å²) in [6.45, 7) is 1.74. The Kier molecular flexibility index (Phi) is 12.7. The largest absolute Gasteiger partial charge is 0.491 e. The van der Waals surface area contributed by atoms with Gasteiger partial charge in [-0.05, 0) is 59.9 Å². The molecule has 316 valence electrons. The zero-order chi connectivity index (χ0) is 43.2. The molecule has 0 unspecified atom stereocenters. The van der Waals surface area contributed by atoms with E-state index >= 15 is 0 Å². The van der Waals surface area contributed by atoms with Crippen molar-refractivity contribution in [1.29, 1.82) is 0 Å². The molecule has 2 aliphatic heterocycles. The lowest BCUT2D eigenvalue weighted by Gasteiger charge is -2.23. The Bertz CT molecular complexity index is 2620. The van der Waals surface area contributed by atoms with Gasteiger partial charge < -0.3 is 29.9 Å². The summed E-state index contributed by atoms with van der Waals surface area (Å²) < 4.78 is 15.3. The normalized spacial score (nSPS) is 16.0. The second kappa shape index (κ2) is 18.8. The molecule has 8 rings (SSSR count). The molecule has 0 spiro atoms. The number of thiocarbonyl (C=S) groups is 2. The first-order valence-electron chi connectivity index (χ1n) is 20.0. The first kappa shape index (κ1) is 41.8. The van der Waals surface area contributed by atoms with E-state index in [1.54, 1.807) is 64.2 Å². The molecule has 3 aromatic heterocycles. The first-order valence-corrected chi connectivity index (χ1v) is 20.8. The molecule has 0 aliphatic carbocycles. The third-order valence-corrected chi connectivity index (χ3v) is 11.8. The van der Waals surface area contributed by atoms with Crippen molar-refractivity contribution in [1.82, 2.24) is 45.1 Å². The molecule has 62 heavy (non-hydrogen) atoms. The van der Waals surface area contributed by atoms with Crippen LogP contribution in [0.15, 0.2) is 104 Å². The number of hydrogen-bond acceptors (Lipinski definition) is 12. The van der Waals surface area contributed by atoms with Gasteiger partial charge in [0.05, 0.1) is 30.4 Å². The number of nitrogens with zero attached hydrogens (tertiary/aromatic N) is 9. The van der Waals surface area contributed by atoms with Crippen molar-refractivity contribution >= 4 is 63.5 Å². The van der Waals surface area contributed by atoms with E-state index in [0.717, 1.165) is 16.7 Å². The van der Waals surface area contributed by atoms with Crippen molar-refractivity contribution in [3.05, 3.63) is 138 Å². The number of anilines is 2. The molecule has 0 saturated heterocycles. The lowest BCUT2D eigenvalue weighted by atomic mass is 10.0. The molecule has 18 heteroatoms. The first-order chi connectivity index (χ1) is 30.1. The molecule has 5 heterocycles. The Hall–Kier alpha value is -6.92. The SMILES string of the molecule is CN1C(=S)[C@@H](CCCC(=O)c2ncn(Cc3ccccc3)n2)COc2ccc(C(=O)NCc3ccc(Cn4cnc(C(=O)N[C@H]5COc6cccnc6N(C)C5=S)n4)cc3)cc21. The Morgan fingerprint density at radius 1 is 0.726 bits per heavy atom. The summed E-state index contributed by atoms with van der Waals surface area (Å²) in [4.78, 5) is 56.9. The minimum absolute atomic E-state index is 0.00790. The van der Waals surface area contributed by atoms with E-state index in [1.807, 2.05) is 66.5 Å². The smallest absolute Gasteiger partial charge is 0.291 e. The zero-order valence-corrected chi connectivity index (χ0v) is 35.6.